The Morgan fingerprint density at radius 3 is 2.65 bits per heavy atom. The zero-order valence-corrected chi connectivity index (χ0v) is 11.4. The standard InChI is InChI=1S/C13H12ClFN4O/c1-6-11(13(17)20)12(16)19-10(18-6)5-7-8(14)3-2-4-9(7)15/h2-4H,5H2,1H3,(H2,17,20)(H2,16,18,19). The minimum absolute atomic E-state index is 0.0209. The maximum Gasteiger partial charge on any atom is 0.254 e. The second kappa shape index (κ2) is 5.42. The summed E-state index contributed by atoms with van der Waals surface area (Å²) in [5.41, 5.74) is 11.6. The van der Waals surface area contributed by atoms with Gasteiger partial charge in [-0.1, -0.05) is 17.7 Å². The molecule has 0 aliphatic carbocycles. The lowest BCUT2D eigenvalue weighted by Crippen LogP contribution is -2.18. The Kier molecular flexibility index (Phi) is 3.85. The number of anilines is 1. The number of nitrogens with two attached hydrogens (primary N) is 2. The molecule has 2 aromatic rings. The first-order chi connectivity index (χ1) is 9.40. The molecule has 0 fully saturated rings. The molecule has 0 aliphatic heterocycles. The Balaban J connectivity index is 2.43. The molecule has 1 heterocycles. The molecule has 104 valence electrons. The van der Waals surface area contributed by atoms with E-state index in [1.54, 1.807) is 13.0 Å². The van der Waals surface area contributed by atoms with E-state index in [2.05, 4.69) is 9.97 Å². The van der Waals surface area contributed by atoms with Gasteiger partial charge < -0.3 is 11.5 Å². The van der Waals surface area contributed by atoms with Gasteiger partial charge in [0.15, 0.2) is 0 Å². The number of hydrogen-bond acceptors (Lipinski definition) is 4. The Morgan fingerprint density at radius 1 is 1.40 bits per heavy atom. The van der Waals surface area contributed by atoms with Gasteiger partial charge in [-0.3, -0.25) is 4.79 Å². The first-order valence-electron chi connectivity index (χ1n) is 5.75. The number of aryl methyl sites for hydroxylation is 1. The number of nitrogen functional groups attached to an aromatic ring is 1. The lowest BCUT2D eigenvalue weighted by atomic mass is 10.1. The maximum absolute atomic E-state index is 13.7. The fourth-order valence-corrected chi connectivity index (χ4v) is 2.13. The van der Waals surface area contributed by atoms with Gasteiger partial charge >= 0.3 is 0 Å². The molecule has 0 atom stereocenters. The average molecular weight is 295 g/mol. The van der Waals surface area contributed by atoms with E-state index in [-0.39, 0.29) is 34.2 Å². The Labute approximate surface area is 119 Å². The molecule has 5 nitrogen and oxygen atoms in total. The minimum Gasteiger partial charge on any atom is -0.383 e. The highest BCUT2D eigenvalue weighted by atomic mass is 35.5. The maximum atomic E-state index is 13.7. The third-order valence-corrected chi connectivity index (χ3v) is 3.16. The van der Waals surface area contributed by atoms with Gasteiger partial charge in [0, 0.05) is 17.0 Å². The molecular formula is C13H12ClFN4O. The fraction of sp³-hybridized carbons (Fsp3) is 0.154. The van der Waals surface area contributed by atoms with Crippen molar-refractivity contribution in [2.45, 2.75) is 13.3 Å². The van der Waals surface area contributed by atoms with Crippen molar-refractivity contribution >= 4 is 23.3 Å². The fourth-order valence-electron chi connectivity index (χ4n) is 1.90. The van der Waals surface area contributed by atoms with Gasteiger partial charge in [0.05, 0.1) is 5.69 Å². The summed E-state index contributed by atoms with van der Waals surface area (Å²) in [6, 6.07) is 4.39. The highest BCUT2D eigenvalue weighted by Crippen LogP contribution is 2.22. The lowest BCUT2D eigenvalue weighted by Gasteiger charge is -2.09. The number of hydrogen-bond donors (Lipinski definition) is 2. The van der Waals surface area contributed by atoms with E-state index >= 15 is 0 Å². The van der Waals surface area contributed by atoms with E-state index in [0.717, 1.165) is 0 Å². The van der Waals surface area contributed by atoms with E-state index in [0.29, 0.717) is 5.69 Å². The Hall–Kier alpha value is -2.21. The van der Waals surface area contributed by atoms with Crippen molar-refractivity contribution in [3.8, 4) is 0 Å². The van der Waals surface area contributed by atoms with Crippen molar-refractivity contribution in [2.75, 3.05) is 5.73 Å². The van der Waals surface area contributed by atoms with Gasteiger partial charge in [0.1, 0.15) is 23.0 Å². The van der Waals surface area contributed by atoms with Gasteiger partial charge in [0.25, 0.3) is 5.91 Å². The molecule has 4 N–H and O–H groups in total. The van der Waals surface area contributed by atoms with Crippen LogP contribution in [0.25, 0.3) is 0 Å². The summed E-state index contributed by atoms with van der Waals surface area (Å²) in [5, 5.41) is 0.281. The molecule has 20 heavy (non-hydrogen) atoms. The van der Waals surface area contributed by atoms with Crippen LogP contribution in [0.3, 0.4) is 0 Å². The van der Waals surface area contributed by atoms with Crippen LogP contribution in [-0.2, 0) is 6.42 Å². The third kappa shape index (κ3) is 2.70. The molecule has 0 radical (unpaired) electrons. The van der Waals surface area contributed by atoms with Crippen molar-refractivity contribution in [3.05, 3.63) is 51.7 Å². The summed E-state index contributed by atoms with van der Waals surface area (Å²) in [5.74, 6) is -0.892. The van der Waals surface area contributed by atoms with Gasteiger partial charge in [0.2, 0.25) is 0 Å². The summed E-state index contributed by atoms with van der Waals surface area (Å²) in [6.07, 6.45) is 0.0790. The van der Waals surface area contributed by atoms with Crippen LogP contribution in [0.5, 0.6) is 0 Å². The number of amides is 1. The monoisotopic (exact) mass is 294 g/mol. The van der Waals surface area contributed by atoms with Crippen LogP contribution in [0, 0.1) is 12.7 Å². The summed E-state index contributed by atoms with van der Waals surface area (Å²) in [7, 11) is 0. The van der Waals surface area contributed by atoms with Crippen molar-refractivity contribution in [1.82, 2.24) is 9.97 Å². The van der Waals surface area contributed by atoms with Crippen molar-refractivity contribution in [2.24, 2.45) is 5.73 Å². The van der Waals surface area contributed by atoms with E-state index in [9.17, 15) is 9.18 Å². The Bertz CT molecular complexity index is 647. The van der Waals surface area contributed by atoms with Gasteiger partial charge in [-0.15, -0.1) is 0 Å². The van der Waals surface area contributed by atoms with E-state index in [4.69, 9.17) is 23.1 Å². The van der Waals surface area contributed by atoms with E-state index in [1.807, 2.05) is 0 Å². The molecule has 2 rings (SSSR count). The molecule has 1 aromatic carbocycles. The average Bonchev–Trinajstić information content (AvgIpc) is 2.32. The lowest BCUT2D eigenvalue weighted by molar-refractivity contribution is 0.1000. The predicted molar refractivity (Wildman–Crippen MR) is 73.9 cm³/mol. The number of benzene rings is 1. The summed E-state index contributed by atoms with van der Waals surface area (Å²) in [4.78, 5) is 19.3. The molecule has 0 unspecified atom stereocenters. The molecule has 0 bridgehead atoms. The summed E-state index contributed by atoms with van der Waals surface area (Å²) >= 11 is 5.94. The van der Waals surface area contributed by atoms with E-state index < -0.39 is 11.7 Å². The number of carbonyl (C=O) groups excluding carboxylic acids is 1. The normalized spacial score (nSPS) is 10.6. The number of halogens is 2. The second-order valence-electron chi connectivity index (χ2n) is 4.23. The van der Waals surface area contributed by atoms with Crippen molar-refractivity contribution in [3.63, 3.8) is 0 Å². The predicted octanol–water partition coefficient (Wildman–Crippen LogP) is 1.85. The van der Waals surface area contributed by atoms with Crippen LogP contribution in [0.4, 0.5) is 10.2 Å². The quantitative estimate of drug-likeness (QED) is 0.903. The smallest absolute Gasteiger partial charge is 0.254 e. The SMILES string of the molecule is Cc1nc(Cc2c(F)cccc2Cl)nc(N)c1C(N)=O. The summed E-state index contributed by atoms with van der Waals surface area (Å²) in [6.45, 7) is 1.59. The number of carbonyl (C=O) groups is 1. The van der Waals surface area contributed by atoms with Crippen molar-refractivity contribution in [1.29, 1.82) is 0 Å². The number of aromatic nitrogens is 2. The van der Waals surface area contributed by atoms with E-state index in [1.165, 1.54) is 12.1 Å². The van der Waals surface area contributed by atoms with Crippen LogP contribution in [-0.4, -0.2) is 15.9 Å². The van der Waals surface area contributed by atoms with Gasteiger partial charge in [-0.05, 0) is 19.1 Å². The molecule has 0 aliphatic rings. The number of nitrogens with zero attached hydrogens (tertiary/aromatic N) is 2. The van der Waals surface area contributed by atoms with Crippen molar-refractivity contribution < 1.29 is 9.18 Å². The van der Waals surface area contributed by atoms with Crippen LogP contribution in [0.15, 0.2) is 18.2 Å². The molecular weight excluding hydrogens is 283 g/mol. The first-order valence-corrected chi connectivity index (χ1v) is 6.13. The zero-order chi connectivity index (χ0) is 14.9. The largest absolute Gasteiger partial charge is 0.383 e. The number of rotatable bonds is 3. The topological polar surface area (TPSA) is 94.9 Å². The zero-order valence-electron chi connectivity index (χ0n) is 10.7. The van der Waals surface area contributed by atoms with Crippen LogP contribution in [0.2, 0.25) is 5.02 Å². The van der Waals surface area contributed by atoms with Crippen LogP contribution in [0.1, 0.15) is 27.4 Å². The Morgan fingerprint density at radius 2 is 2.10 bits per heavy atom. The van der Waals surface area contributed by atoms with Crippen LogP contribution < -0.4 is 11.5 Å². The van der Waals surface area contributed by atoms with Crippen LogP contribution >= 0.6 is 11.6 Å². The molecule has 7 heteroatoms. The number of primary amides is 1. The second-order valence-corrected chi connectivity index (χ2v) is 4.63. The highest BCUT2D eigenvalue weighted by molar-refractivity contribution is 6.31. The molecule has 0 saturated carbocycles. The molecule has 0 saturated heterocycles. The summed E-state index contributed by atoms with van der Waals surface area (Å²) < 4.78 is 13.7. The van der Waals surface area contributed by atoms with Gasteiger partial charge in [-0.25, -0.2) is 14.4 Å². The first kappa shape index (κ1) is 14.2. The van der Waals surface area contributed by atoms with Gasteiger partial charge in [-0.2, -0.15) is 0 Å². The molecule has 1 amide bonds. The minimum atomic E-state index is -0.699. The molecule has 1 aromatic heterocycles. The highest BCUT2D eigenvalue weighted by Gasteiger charge is 2.16. The third-order valence-electron chi connectivity index (χ3n) is 2.81. The molecule has 0 spiro atoms.